The highest BCUT2D eigenvalue weighted by Gasteiger charge is 2.25. The van der Waals surface area contributed by atoms with Crippen molar-refractivity contribution in [3.05, 3.63) is 35.9 Å². The van der Waals surface area contributed by atoms with E-state index in [0.29, 0.717) is 5.92 Å². The van der Waals surface area contributed by atoms with Gasteiger partial charge in [0.05, 0.1) is 0 Å². The van der Waals surface area contributed by atoms with Crippen LogP contribution in [-0.2, 0) is 4.79 Å². The van der Waals surface area contributed by atoms with E-state index in [2.05, 4.69) is 17.4 Å². The van der Waals surface area contributed by atoms with E-state index < -0.39 is 12.3 Å². The molecule has 18 heavy (non-hydrogen) atoms. The first-order valence-corrected chi connectivity index (χ1v) is 6.30. The van der Waals surface area contributed by atoms with Crippen molar-refractivity contribution in [1.29, 1.82) is 0 Å². The Labute approximate surface area is 105 Å². The fourth-order valence-electron chi connectivity index (χ4n) is 2.56. The largest absolute Gasteiger partial charge is 0.348 e. The van der Waals surface area contributed by atoms with Crippen molar-refractivity contribution in [2.75, 3.05) is 0 Å². The number of carbonyl (C=O) groups is 1. The number of carbonyl (C=O) groups excluding carboxylic acids is 1. The summed E-state index contributed by atoms with van der Waals surface area (Å²) in [6.07, 6.45) is 0.531. The van der Waals surface area contributed by atoms with Crippen molar-refractivity contribution in [2.45, 2.75) is 44.1 Å². The molecule has 1 aliphatic rings. The summed E-state index contributed by atoms with van der Waals surface area (Å²) in [5, 5.41) is 2.40. The number of benzene rings is 1. The van der Waals surface area contributed by atoms with Crippen LogP contribution in [0.1, 0.15) is 37.2 Å². The van der Waals surface area contributed by atoms with E-state index in [9.17, 15) is 13.6 Å². The summed E-state index contributed by atoms with van der Waals surface area (Å²) in [5.74, 6) is -0.649. The summed E-state index contributed by atoms with van der Waals surface area (Å²) in [6.45, 7) is 0. The van der Waals surface area contributed by atoms with Crippen molar-refractivity contribution >= 4 is 5.91 Å². The van der Waals surface area contributed by atoms with Gasteiger partial charge in [-0.05, 0) is 37.2 Å². The Morgan fingerprint density at radius 1 is 1.11 bits per heavy atom. The molecule has 2 rings (SSSR count). The van der Waals surface area contributed by atoms with Crippen molar-refractivity contribution < 1.29 is 13.6 Å². The van der Waals surface area contributed by atoms with Gasteiger partial charge in [-0.2, -0.15) is 8.78 Å². The molecule has 0 radical (unpaired) electrons. The Balaban J connectivity index is 1.83. The number of nitrogens with one attached hydrogen (secondary N) is 1. The first-order valence-electron chi connectivity index (χ1n) is 6.30. The Bertz CT molecular complexity index is 386. The summed E-state index contributed by atoms with van der Waals surface area (Å²) in [4.78, 5) is 10.9. The van der Waals surface area contributed by atoms with Crippen LogP contribution in [-0.4, -0.2) is 18.4 Å². The van der Waals surface area contributed by atoms with Crippen LogP contribution in [0, 0.1) is 0 Å². The number of halogens is 2. The first-order chi connectivity index (χ1) is 8.66. The summed E-state index contributed by atoms with van der Waals surface area (Å²) in [5.41, 5.74) is 1.30. The highest BCUT2D eigenvalue weighted by Crippen LogP contribution is 2.32. The molecule has 1 N–H and O–H groups in total. The van der Waals surface area contributed by atoms with Crippen LogP contribution in [0.25, 0.3) is 0 Å². The normalized spacial score (nSPS) is 23.9. The molecule has 0 unspecified atom stereocenters. The summed E-state index contributed by atoms with van der Waals surface area (Å²) < 4.78 is 24.2. The molecule has 0 heterocycles. The number of amides is 1. The van der Waals surface area contributed by atoms with Crippen LogP contribution < -0.4 is 5.32 Å². The molecule has 1 fully saturated rings. The number of rotatable bonds is 3. The van der Waals surface area contributed by atoms with Crippen LogP contribution in [0.3, 0.4) is 0 Å². The second-order valence-corrected chi connectivity index (χ2v) is 4.77. The Morgan fingerprint density at radius 2 is 1.72 bits per heavy atom. The van der Waals surface area contributed by atoms with Gasteiger partial charge < -0.3 is 5.32 Å². The van der Waals surface area contributed by atoms with Crippen LogP contribution in [0.15, 0.2) is 30.3 Å². The molecule has 1 aliphatic carbocycles. The predicted molar refractivity (Wildman–Crippen MR) is 65.6 cm³/mol. The third-order valence-electron chi connectivity index (χ3n) is 3.54. The molecule has 0 aromatic heterocycles. The van der Waals surface area contributed by atoms with Crippen molar-refractivity contribution in [3.8, 4) is 0 Å². The minimum Gasteiger partial charge on any atom is -0.348 e. The fraction of sp³-hybridized carbons (Fsp3) is 0.500. The van der Waals surface area contributed by atoms with E-state index in [0.717, 1.165) is 25.7 Å². The van der Waals surface area contributed by atoms with Crippen molar-refractivity contribution in [2.24, 2.45) is 0 Å². The lowest BCUT2D eigenvalue weighted by molar-refractivity contribution is -0.132. The van der Waals surface area contributed by atoms with Crippen LogP contribution in [0.4, 0.5) is 8.78 Å². The zero-order valence-electron chi connectivity index (χ0n) is 10.1. The molecule has 1 aromatic rings. The minimum atomic E-state index is -2.91. The van der Waals surface area contributed by atoms with Crippen LogP contribution in [0.5, 0.6) is 0 Å². The van der Waals surface area contributed by atoms with E-state index in [-0.39, 0.29) is 6.04 Å². The predicted octanol–water partition coefficient (Wildman–Crippen LogP) is 3.09. The number of hydrogen-bond donors (Lipinski definition) is 1. The zero-order chi connectivity index (χ0) is 13.0. The summed E-state index contributed by atoms with van der Waals surface area (Å²) >= 11 is 0. The Hall–Kier alpha value is -1.45. The highest BCUT2D eigenvalue weighted by atomic mass is 19.3. The lowest BCUT2D eigenvalue weighted by atomic mass is 9.82. The minimum absolute atomic E-state index is 0.0912. The molecule has 1 aromatic carbocycles. The van der Waals surface area contributed by atoms with Crippen LogP contribution >= 0.6 is 0 Å². The van der Waals surface area contributed by atoms with Gasteiger partial charge in [0.2, 0.25) is 0 Å². The van der Waals surface area contributed by atoms with Gasteiger partial charge in [0, 0.05) is 6.04 Å². The van der Waals surface area contributed by atoms with Gasteiger partial charge in [-0.15, -0.1) is 0 Å². The summed E-state index contributed by atoms with van der Waals surface area (Å²) in [7, 11) is 0. The molecule has 98 valence electrons. The van der Waals surface area contributed by atoms with E-state index in [1.54, 1.807) is 0 Å². The maximum absolute atomic E-state index is 12.1. The van der Waals surface area contributed by atoms with Crippen molar-refractivity contribution in [3.63, 3.8) is 0 Å². The number of alkyl halides is 2. The quantitative estimate of drug-likeness (QED) is 0.881. The molecule has 0 spiro atoms. The molecule has 1 amide bonds. The van der Waals surface area contributed by atoms with E-state index >= 15 is 0 Å². The van der Waals surface area contributed by atoms with Gasteiger partial charge in [0.25, 0.3) is 5.91 Å². The monoisotopic (exact) mass is 253 g/mol. The second-order valence-electron chi connectivity index (χ2n) is 4.77. The van der Waals surface area contributed by atoms with Gasteiger partial charge in [-0.25, -0.2) is 0 Å². The van der Waals surface area contributed by atoms with E-state index in [4.69, 9.17) is 0 Å². The van der Waals surface area contributed by atoms with E-state index in [1.165, 1.54) is 5.56 Å². The maximum atomic E-state index is 12.1. The Kier molecular flexibility index (Phi) is 4.28. The first kappa shape index (κ1) is 13.0. The maximum Gasteiger partial charge on any atom is 0.315 e. The lowest BCUT2D eigenvalue weighted by Crippen LogP contribution is -2.40. The smallest absolute Gasteiger partial charge is 0.315 e. The SMILES string of the molecule is O=C(NC1CCC(c2ccccc2)CC1)C(F)F. The van der Waals surface area contributed by atoms with Gasteiger partial charge in [0.15, 0.2) is 0 Å². The zero-order valence-corrected chi connectivity index (χ0v) is 10.1. The average Bonchev–Trinajstić information content (AvgIpc) is 2.40. The molecule has 1 saturated carbocycles. The average molecular weight is 253 g/mol. The van der Waals surface area contributed by atoms with Gasteiger partial charge in [-0.1, -0.05) is 30.3 Å². The van der Waals surface area contributed by atoms with Crippen LogP contribution in [0.2, 0.25) is 0 Å². The molecule has 0 saturated heterocycles. The Morgan fingerprint density at radius 3 is 2.28 bits per heavy atom. The molecular weight excluding hydrogens is 236 g/mol. The lowest BCUT2D eigenvalue weighted by Gasteiger charge is -2.29. The molecule has 0 bridgehead atoms. The van der Waals surface area contributed by atoms with Crippen molar-refractivity contribution in [1.82, 2.24) is 5.32 Å². The molecule has 2 nitrogen and oxygen atoms in total. The van der Waals surface area contributed by atoms with E-state index in [1.807, 2.05) is 18.2 Å². The molecule has 0 atom stereocenters. The molecule has 0 aliphatic heterocycles. The van der Waals surface area contributed by atoms with Gasteiger partial charge >= 0.3 is 6.43 Å². The highest BCUT2D eigenvalue weighted by molar-refractivity contribution is 5.79. The van der Waals surface area contributed by atoms with Gasteiger partial charge in [0.1, 0.15) is 0 Å². The fourth-order valence-corrected chi connectivity index (χ4v) is 2.56. The second kappa shape index (κ2) is 5.94. The molecule has 4 heteroatoms. The number of hydrogen-bond acceptors (Lipinski definition) is 1. The van der Waals surface area contributed by atoms with Gasteiger partial charge in [-0.3, -0.25) is 4.79 Å². The topological polar surface area (TPSA) is 29.1 Å². The third-order valence-corrected chi connectivity index (χ3v) is 3.54. The summed E-state index contributed by atoms with van der Waals surface area (Å²) in [6, 6.07) is 10.1. The third kappa shape index (κ3) is 3.28. The molecular formula is C14H17F2NO. The standard InChI is InChI=1S/C14H17F2NO/c15-13(16)14(18)17-12-8-6-11(7-9-12)10-4-2-1-3-5-10/h1-5,11-13H,6-9H2,(H,17,18).